The molecule has 0 aromatic heterocycles. The largest absolute Gasteiger partial charge is 0.0804 e. The van der Waals surface area contributed by atoms with Crippen LogP contribution in [0.3, 0.4) is 0 Å². The van der Waals surface area contributed by atoms with Crippen molar-refractivity contribution in [3.8, 4) is 0 Å². The lowest BCUT2D eigenvalue weighted by Crippen LogP contribution is -3.44. The number of hydrogen-bond donors (Lipinski definition) is 0. The smallest absolute Gasteiger partial charge is 0.0804 e. The average Bonchev–Trinajstić information content (AvgIpc) is 2.27. The molecule has 6 rings (SSSR count). The van der Waals surface area contributed by atoms with Crippen molar-refractivity contribution in [2.75, 3.05) is 0 Å². The van der Waals surface area contributed by atoms with Crippen molar-refractivity contribution in [2.45, 2.75) is 34.6 Å². The van der Waals surface area contributed by atoms with E-state index in [0.29, 0.717) is 0 Å². The third kappa shape index (κ3) is 0.404. The van der Waals surface area contributed by atoms with E-state index in [2.05, 4.69) is 127 Å². The Morgan fingerprint density at radius 3 is 0.375 bits per heavy atom. The van der Waals surface area contributed by atoms with Crippen LogP contribution in [-0.4, -0.2) is 34.6 Å². The predicted octanol–water partition coefficient (Wildman–Crippen LogP) is 5.12. The fraction of sp³-hybridized carbons (Fsp3) is 1.00. The van der Waals surface area contributed by atoms with Crippen molar-refractivity contribution >= 4 is 127 Å². The summed E-state index contributed by atoms with van der Waals surface area (Å²) in [5, 5.41) is 0. The fourth-order valence-electron chi connectivity index (χ4n) is 5.32. The second-order valence-corrected chi connectivity index (χ2v) is 14.8. The van der Waals surface area contributed by atoms with Gasteiger partial charge in [-0.2, -0.15) is 0 Å². The van der Waals surface area contributed by atoms with Crippen LogP contribution in [-0.2, 0) is 0 Å². The van der Waals surface area contributed by atoms with Gasteiger partial charge in [-0.15, -0.1) is 0 Å². The first-order valence-corrected chi connectivity index (χ1v) is 10.9. The summed E-state index contributed by atoms with van der Waals surface area (Å²) in [7, 11) is 0. The zero-order valence-electron chi connectivity index (χ0n) is 7.02. The second kappa shape index (κ2) is 2.23. The van der Waals surface area contributed by atoms with E-state index in [1.165, 1.54) is 0 Å². The summed E-state index contributed by atoms with van der Waals surface area (Å²) in [6, 6.07) is 0. The first kappa shape index (κ1) is 12.4. The molecule has 6 aliphatic rings. The molecule has 16 heavy (non-hydrogen) atoms. The first-order chi connectivity index (χ1) is 7.00. The van der Waals surface area contributed by atoms with E-state index in [-0.39, 0.29) is 34.6 Å². The third-order valence-corrected chi connectivity index (χ3v) is 26.4. The summed E-state index contributed by atoms with van der Waals surface area (Å²) in [5.74, 6) is 0. The van der Waals surface area contributed by atoms with Crippen molar-refractivity contribution in [3.63, 3.8) is 0 Å². The van der Waals surface area contributed by atoms with Gasteiger partial charge in [0.05, 0.1) is 34.6 Å². The summed E-state index contributed by atoms with van der Waals surface area (Å²) in [5.41, 5.74) is 0. The van der Waals surface area contributed by atoms with Gasteiger partial charge < -0.3 is 0 Å². The van der Waals surface area contributed by atoms with Crippen LogP contribution in [0.1, 0.15) is 0 Å². The molecule has 0 spiro atoms. The van der Waals surface area contributed by atoms with Crippen LogP contribution >= 0.6 is 127 Å². The van der Waals surface area contributed by atoms with Crippen LogP contribution in [0.5, 0.6) is 0 Å². The molecule has 6 aliphatic carbocycles. The van der Waals surface area contributed by atoms with Crippen LogP contribution in [0, 0.1) is 0 Å². The molecule has 0 bridgehead atoms. The summed E-state index contributed by atoms with van der Waals surface area (Å²) >= 11 is 31.7. The van der Waals surface area contributed by atoms with E-state index in [4.69, 9.17) is 0 Å². The van der Waals surface area contributed by atoms with Crippen molar-refractivity contribution in [3.05, 3.63) is 0 Å². The predicted molar refractivity (Wildman–Crippen MR) is 93.3 cm³/mol. The van der Waals surface area contributed by atoms with Gasteiger partial charge in [0.15, 0.2) is 0 Å². The van der Waals surface area contributed by atoms with E-state index in [0.717, 1.165) is 0 Å². The Hall–Kier alpha value is 3.84. The molecule has 0 heterocycles. The SMILES string of the molecule is BrC12C3(Br)C4(Br)C1(Br)C1(Br)C2(Br)C3(Br)C41Br. The van der Waals surface area contributed by atoms with Gasteiger partial charge in [0.2, 0.25) is 0 Å². The van der Waals surface area contributed by atoms with Gasteiger partial charge >= 0.3 is 0 Å². The van der Waals surface area contributed by atoms with Crippen molar-refractivity contribution in [1.29, 1.82) is 0 Å². The van der Waals surface area contributed by atoms with Gasteiger partial charge in [-0.1, -0.05) is 127 Å². The molecule has 6 saturated carbocycles. The summed E-state index contributed by atoms with van der Waals surface area (Å²) in [4.78, 5) is 0. The zero-order valence-corrected chi connectivity index (χ0v) is 19.7. The molecule has 88 valence electrons. The molecular weight excluding hydrogens is 735 g/mol. The minimum absolute atomic E-state index is 0.0337. The Kier molecular flexibility index (Phi) is 1.73. The van der Waals surface area contributed by atoms with Gasteiger partial charge in [0, 0.05) is 0 Å². The monoisotopic (exact) mass is 727 g/mol. The Balaban J connectivity index is 1.95. The van der Waals surface area contributed by atoms with E-state index >= 15 is 0 Å². The number of hydrogen-bond acceptors (Lipinski definition) is 0. The quantitative estimate of drug-likeness (QED) is 0.304. The van der Waals surface area contributed by atoms with Gasteiger partial charge in [-0.05, 0) is 0 Å². The van der Waals surface area contributed by atoms with Crippen LogP contribution in [0.25, 0.3) is 0 Å². The number of alkyl halides is 8. The third-order valence-electron chi connectivity index (χ3n) is 5.70. The van der Waals surface area contributed by atoms with E-state index in [1.807, 2.05) is 0 Å². The Labute approximate surface area is 159 Å². The average molecular weight is 735 g/mol. The highest BCUT2D eigenvalue weighted by molar-refractivity contribution is 9.22. The first-order valence-electron chi connectivity index (χ1n) is 4.51. The minimum atomic E-state index is 0.0337. The van der Waals surface area contributed by atoms with Gasteiger partial charge in [0.1, 0.15) is 0 Å². The maximum Gasteiger partial charge on any atom is 0.0804 e. The molecule has 0 unspecified atom stereocenters. The van der Waals surface area contributed by atoms with Gasteiger partial charge in [-0.25, -0.2) is 0 Å². The number of rotatable bonds is 0. The molecule has 0 amide bonds. The second-order valence-electron chi connectivity index (χ2n) is 5.27. The molecule has 0 nitrogen and oxygen atoms in total. The fourth-order valence-corrected chi connectivity index (χ4v) is 26.0. The Morgan fingerprint density at radius 2 is 0.312 bits per heavy atom. The van der Waals surface area contributed by atoms with Crippen molar-refractivity contribution < 1.29 is 0 Å². The minimum Gasteiger partial charge on any atom is -0.0804 e. The summed E-state index contributed by atoms with van der Waals surface area (Å²) in [6.07, 6.45) is 0. The van der Waals surface area contributed by atoms with E-state index < -0.39 is 0 Å². The normalized spacial score (nSPS) is 97.5. The van der Waals surface area contributed by atoms with Gasteiger partial charge in [0.25, 0.3) is 0 Å². The molecule has 0 radical (unpaired) electrons. The maximum absolute atomic E-state index is 3.97. The molecule has 0 aromatic rings. The van der Waals surface area contributed by atoms with E-state index in [9.17, 15) is 0 Å². The van der Waals surface area contributed by atoms with Crippen molar-refractivity contribution in [2.24, 2.45) is 0 Å². The molecule has 0 atom stereocenters. The lowest BCUT2D eigenvalue weighted by Gasteiger charge is -3.23. The van der Waals surface area contributed by atoms with Crippen LogP contribution in [0.2, 0.25) is 0 Å². The molecule has 6 fully saturated rings. The standard InChI is InChI=1S/C8Br8/c9-1-2(10)5(13)3(1,11)7(15)4(1,12)6(2,14)8(5,7)16. The molecular formula is C8Br8. The maximum atomic E-state index is 3.97. The highest BCUT2D eigenvalue weighted by Crippen LogP contribution is 3.23. The lowest BCUT2D eigenvalue weighted by atomic mass is 9.00. The molecule has 0 saturated heterocycles. The molecule has 8 heteroatoms. The molecule has 0 aromatic carbocycles. The van der Waals surface area contributed by atoms with Crippen LogP contribution in [0.4, 0.5) is 0 Å². The molecule has 0 N–H and O–H groups in total. The summed E-state index contributed by atoms with van der Waals surface area (Å²) in [6.45, 7) is 0. The van der Waals surface area contributed by atoms with Crippen molar-refractivity contribution in [1.82, 2.24) is 0 Å². The van der Waals surface area contributed by atoms with E-state index in [1.54, 1.807) is 0 Å². The van der Waals surface area contributed by atoms with Crippen LogP contribution < -0.4 is 0 Å². The summed E-state index contributed by atoms with van der Waals surface area (Å²) < 4.78 is 0.270. The Bertz CT molecular complexity index is 332. The highest BCUT2D eigenvalue weighted by atomic mass is 79.9. The highest BCUT2D eigenvalue weighted by Gasteiger charge is 3.38. The van der Waals surface area contributed by atoms with Gasteiger partial charge in [-0.3, -0.25) is 0 Å². The van der Waals surface area contributed by atoms with Crippen LogP contribution in [0.15, 0.2) is 0 Å². The Morgan fingerprint density at radius 1 is 0.250 bits per heavy atom. The zero-order chi connectivity index (χ0) is 12.0. The number of halogens is 8. The molecule has 0 aliphatic heterocycles. The lowest BCUT2D eigenvalue weighted by molar-refractivity contribution is -0.374. The topological polar surface area (TPSA) is 0 Å².